The summed E-state index contributed by atoms with van der Waals surface area (Å²) in [5.74, 6) is 0.918. The van der Waals surface area contributed by atoms with Gasteiger partial charge in [0.15, 0.2) is 0 Å². The van der Waals surface area contributed by atoms with Crippen molar-refractivity contribution in [2.24, 2.45) is 0 Å². The summed E-state index contributed by atoms with van der Waals surface area (Å²) in [6, 6.07) is 5.09. The number of hydrogen-bond donors (Lipinski definition) is 3. The number of benzene rings is 1. The number of ether oxygens (including phenoxy) is 1. The van der Waals surface area contributed by atoms with Crippen LogP contribution in [0, 0.1) is 0 Å². The van der Waals surface area contributed by atoms with Crippen molar-refractivity contribution in [2.45, 2.75) is 13.1 Å². The van der Waals surface area contributed by atoms with Gasteiger partial charge in [0.2, 0.25) is 0 Å². The van der Waals surface area contributed by atoms with E-state index in [0.29, 0.717) is 18.8 Å². The smallest absolute Gasteiger partial charge is 0.120 e. The summed E-state index contributed by atoms with van der Waals surface area (Å²) in [6.07, 6.45) is 3.47. The maximum absolute atomic E-state index is 9.75. The van der Waals surface area contributed by atoms with E-state index in [1.165, 1.54) is 0 Å². The van der Waals surface area contributed by atoms with Crippen LogP contribution in [0.1, 0.15) is 5.56 Å². The minimum absolute atomic E-state index is 0.0534. The zero-order valence-corrected chi connectivity index (χ0v) is 10.7. The number of aliphatic hydroxyl groups excluding tert-OH is 1. The summed E-state index contributed by atoms with van der Waals surface area (Å²) in [6.45, 7) is 0.984. The lowest BCUT2D eigenvalue weighted by atomic mass is 10.2. The maximum Gasteiger partial charge on any atom is 0.120 e. The molecular formula is C13H17N3O3. The van der Waals surface area contributed by atoms with E-state index >= 15 is 0 Å². The number of phenolic OH excluding ortho intramolecular Hbond substituents is 1. The normalized spacial score (nSPS) is 10.4. The lowest BCUT2D eigenvalue weighted by molar-refractivity contribution is 0.269. The number of phenols is 1. The third kappa shape index (κ3) is 3.38. The third-order valence-corrected chi connectivity index (χ3v) is 2.73. The van der Waals surface area contributed by atoms with Crippen molar-refractivity contribution in [3.05, 3.63) is 36.2 Å². The second kappa shape index (κ2) is 6.10. The van der Waals surface area contributed by atoms with Gasteiger partial charge in [-0.25, -0.2) is 0 Å². The number of hydrogen-bond acceptors (Lipinski definition) is 5. The van der Waals surface area contributed by atoms with E-state index in [2.05, 4.69) is 10.4 Å². The summed E-state index contributed by atoms with van der Waals surface area (Å²) in [5, 5.41) is 25.8. The third-order valence-electron chi connectivity index (χ3n) is 2.73. The van der Waals surface area contributed by atoms with E-state index in [9.17, 15) is 5.11 Å². The van der Waals surface area contributed by atoms with E-state index in [-0.39, 0.29) is 12.4 Å². The number of nitrogens with one attached hydrogen (secondary N) is 1. The summed E-state index contributed by atoms with van der Waals surface area (Å²) in [5.41, 5.74) is 1.57. The molecule has 0 bridgehead atoms. The Hall–Kier alpha value is -2.21. The molecule has 0 amide bonds. The average molecular weight is 263 g/mol. The van der Waals surface area contributed by atoms with Crippen LogP contribution in [0.2, 0.25) is 0 Å². The molecule has 0 aliphatic heterocycles. The van der Waals surface area contributed by atoms with Gasteiger partial charge in [0.1, 0.15) is 11.5 Å². The largest absolute Gasteiger partial charge is 0.508 e. The molecule has 0 radical (unpaired) electrons. The number of nitrogens with zero attached hydrogens (tertiary/aromatic N) is 2. The highest BCUT2D eigenvalue weighted by Gasteiger charge is 2.04. The van der Waals surface area contributed by atoms with Gasteiger partial charge in [-0.1, -0.05) is 0 Å². The Balaban J connectivity index is 2.01. The lowest BCUT2D eigenvalue weighted by Crippen LogP contribution is -2.02. The van der Waals surface area contributed by atoms with Crippen molar-refractivity contribution in [1.29, 1.82) is 0 Å². The SMILES string of the molecule is COc1ccc(O)c(CNc2cnn(CCO)c2)c1. The molecule has 1 heterocycles. The molecule has 0 aliphatic carbocycles. The standard InChI is InChI=1S/C13H17N3O3/c1-19-12-2-3-13(18)10(6-12)7-14-11-8-15-16(9-11)4-5-17/h2-3,6,8-9,14,17-18H,4-5,7H2,1H3. The van der Waals surface area contributed by atoms with Gasteiger partial charge in [0, 0.05) is 18.3 Å². The fourth-order valence-corrected chi connectivity index (χ4v) is 1.71. The van der Waals surface area contributed by atoms with Gasteiger partial charge in [0.05, 0.1) is 32.1 Å². The molecule has 6 nitrogen and oxygen atoms in total. The van der Waals surface area contributed by atoms with E-state index in [0.717, 1.165) is 11.3 Å². The Bertz CT molecular complexity index is 540. The number of aromatic hydroxyl groups is 1. The highest BCUT2D eigenvalue weighted by atomic mass is 16.5. The fourth-order valence-electron chi connectivity index (χ4n) is 1.71. The molecule has 0 saturated heterocycles. The highest BCUT2D eigenvalue weighted by molar-refractivity contribution is 5.44. The Morgan fingerprint density at radius 3 is 3.00 bits per heavy atom. The molecule has 0 unspecified atom stereocenters. The topological polar surface area (TPSA) is 79.5 Å². The van der Waals surface area contributed by atoms with Crippen LogP contribution in [-0.2, 0) is 13.1 Å². The van der Waals surface area contributed by atoms with Gasteiger partial charge in [-0.15, -0.1) is 0 Å². The van der Waals surface area contributed by atoms with E-state index in [1.54, 1.807) is 42.4 Å². The molecule has 0 saturated carbocycles. The minimum Gasteiger partial charge on any atom is -0.508 e. The minimum atomic E-state index is 0.0534. The average Bonchev–Trinajstić information content (AvgIpc) is 2.86. The first-order chi connectivity index (χ1) is 9.22. The van der Waals surface area contributed by atoms with Crippen molar-refractivity contribution in [2.75, 3.05) is 19.0 Å². The van der Waals surface area contributed by atoms with E-state index in [1.807, 2.05) is 0 Å². The van der Waals surface area contributed by atoms with Gasteiger partial charge >= 0.3 is 0 Å². The molecule has 1 aromatic carbocycles. The first kappa shape index (κ1) is 13.2. The number of aliphatic hydroxyl groups is 1. The molecule has 0 aliphatic rings. The lowest BCUT2D eigenvalue weighted by Gasteiger charge is -2.08. The number of methoxy groups -OCH3 is 1. The zero-order valence-electron chi connectivity index (χ0n) is 10.7. The fraction of sp³-hybridized carbons (Fsp3) is 0.308. The van der Waals surface area contributed by atoms with Crippen molar-refractivity contribution in [1.82, 2.24) is 9.78 Å². The molecule has 0 atom stereocenters. The van der Waals surface area contributed by atoms with Crippen molar-refractivity contribution < 1.29 is 14.9 Å². The molecule has 102 valence electrons. The van der Waals surface area contributed by atoms with Crippen molar-refractivity contribution in [3.8, 4) is 11.5 Å². The number of rotatable bonds is 6. The molecule has 2 aromatic rings. The number of anilines is 1. The van der Waals surface area contributed by atoms with E-state index in [4.69, 9.17) is 9.84 Å². The molecule has 3 N–H and O–H groups in total. The van der Waals surface area contributed by atoms with Gasteiger partial charge in [-0.2, -0.15) is 5.10 Å². The summed E-state index contributed by atoms with van der Waals surface area (Å²) < 4.78 is 6.76. The summed E-state index contributed by atoms with van der Waals surface area (Å²) >= 11 is 0. The monoisotopic (exact) mass is 263 g/mol. The Morgan fingerprint density at radius 2 is 2.26 bits per heavy atom. The summed E-state index contributed by atoms with van der Waals surface area (Å²) in [4.78, 5) is 0. The molecule has 6 heteroatoms. The van der Waals surface area contributed by atoms with Gasteiger partial charge in [-0.05, 0) is 18.2 Å². The predicted molar refractivity (Wildman–Crippen MR) is 71.3 cm³/mol. The molecule has 2 rings (SSSR count). The zero-order chi connectivity index (χ0) is 13.7. The van der Waals surface area contributed by atoms with Crippen molar-refractivity contribution >= 4 is 5.69 Å². The molecule has 1 aromatic heterocycles. The Morgan fingerprint density at radius 1 is 1.42 bits per heavy atom. The highest BCUT2D eigenvalue weighted by Crippen LogP contribution is 2.23. The second-order valence-electron chi connectivity index (χ2n) is 4.06. The van der Waals surface area contributed by atoms with Crippen LogP contribution in [0.15, 0.2) is 30.6 Å². The van der Waals surface area contributed by atoms with Crippen LogP contribution in [0.5, 0.6) is 11.5 Å². The summed E-state index contributed by atoms with van der Waals surface area (Å²) in [7, 11) is 1.59. The van der Waals surface area contributed by atoms with Crippen LogP contribution in [-0.4, -0.2) is 33.7 Å². The molecule has 19 heavy (non-hydrogen) atoms. The first-order valence-corrected chi connectivity index (χ1v) is 5.96. The van der Waals surface area contributed by atoms with Crippen LogP contribution in [0.25, 0.3) is 0 Å². The van der Waals surface area contributed by atoms with Crippen LogP contribution < -0.4 is 10.1 Å². The Kier molecular flexibility index (Phi) is 4.25. The van der Waals surface area contributed by atoms with Crippen LogP contribution in [0.3, 0.4) is 0 Å². The van der Waals surface area contributed by atoms with Gasteiger partial charge < -0.3 is 20.3 Å². The molecular weight excluding hydrogens is 246 g/mol. The number of aromatic nitrogens is 2. The van der Waals surface area contributed by atoms with Gasteiger partial charge in [0.25, 0.3) is 0 Å². The quantitative estimate of drug-likeness (QED) is 0.730. The first-order valence-electron chi connectivity index (χ1n) is 5.96. The Labute approximate surface area is 111 Å². The molecule has 0 fully saturated rings. The van der Waals surface area contributed by atoms with Crippen LogP contribution >= 0.6 is 0 Å². The van der Waals surface area contributed by atoms with Gasteiger partial charge in [-0.3, -0.25) is 4.68 Å². The van der Waals surface area contributed by atoms with Crippen molar-refractivity contribution in [3.63, 3.8) is 0 Å². The second-order valence-corrected chi connectivity index (χ2v) is 4.06. The molecule has 0 spiro atoms. The van der Waals surface area contributed by atoms with Crippen LogP contribution in [0.4, 0.5) is 5.69 Å². The van der Waals surface area contributed by atoms with E-state index < -0.39 is 0 Å². The predicted octanol–water partition coefficient (Wildman–Crippen LogP) is 1.20. The maximum atomic E-state index is 9.75.